The van der Waals surface area contributed by atoms with Gasteiger partial charge in [0.25, 0.3) is 0 Å². The summed E-state index contributed by atoms with van der Waals surface area (Å²) >= 11 is 1.36. The third-order valence-corrected chi connectivity index (χ3v) is 3.22. The molecule has 0 spiro atoms. The van der Waals surface area contributed by atoms with Gasteiger partial charge in [-0.15, -0.1) is 0 Å². The second-order valence-electron chi connectivity index (χ2n) is 3.97. The first kappa shape index (κ1) is 14.5. The lowest BCUT2D eigenvalue weighted by Crippen LogP contribution is -2.38. The summed E-state index contributed by atoms with van der Waals surface area (Å²) in [6.07, 6.45) is 3.77. The van der Waals surface area contributed by atoms with Gasteiger partial charge < -0.3 is 14.2 Å². The second kappa shape index (κ2) is 7.03. The van der Waals surface area contributed by atoms with E-state index >= 15 is 0 Å². The Hall–Kier alpha value is -1.91. The third-order valence-electron chi connectivity index (χ3n) is 2.64. The SMILES string of the molecule is COc1cc(N=C(NC#N)SC)ccc1OC1COC1. The summed E-state index contributed by atoms with van der Waals surface area (Å²) in [7, 11) is 1.58. The number of nitrogens with one attached hydrogen (secondary N) is 1. The van der Waals surface area contributed by atoms with Gasteiger partial charge in [-0.1, -0.05) is 11.8 Å². The first-order valence-corrected chi connectivity index (χ1v) is 7.19. The Bertz CT molecular complexity index is 538. The molecule has 1 N–H and O–H groups in total. The topological polar surface area (TPSA) is 75.9 Å². The first-order valence-electron chi connectivity index (χ1n) is 5.97. The monoisotopic (exact) mass is 293 g/mol. The molecule has 1 aromatic rings. The predicted molar refractivity (Wildman–Crippen MR) is 77.6 cm³/mol. The Morgan fingerprint density at radius 1 is 1.50 bits per heavy atom. The molecule has 0 unspecified atom stereocenters. The molecule has 1 aromatic carbocycles. The Morgan fingerprint density at radius 3 is 2.85 bits per heavy atom. The third kappa shape index (κ3) is 3.56. The molecule has 1 aliphatic heterocycles. The van der Waals surface area contributed by atoms with Crippen LogP contribution in [0.15, 0.2) is 23.2 Å². The Labute approximate surface area is 121 Å². The summed E-state index contributed by atoms with van der Waals surface area (Å²) in [5, 5.41) is 11.6. The Morgan fingerprint density at radius 2 is 2.30 bits per heavy atom. The van der Waals surface area contributed by atoms with Crippen molar-refractivity contribution in [3.8, 4) is 17.7 Å². The van der Waals surface area contributed by atoms with Crippen LogP contribution in [0, 0.1) is 11.5 Å². The van der Waals surface area contributed by atoms with Crippen molar-refractivity contribution in [3.05, 3.63) is 18.2 Å². The molecular weight excluding hydrogens is 278 g/mol. The van der Waals surface area contributed by atoms with Gasteiger partial charge in [0.15, 0.2) is 22.9 Å². The summed E-state index contributed by atoms with van der Waals surface area (Å²) in [6.45, 7) is 1.21. The van der Waals surface area contributed by atoms with Crippen molar-refractivity contribution >= 4 is 22.6 Å². The highest BCUT2D eigenvalue weighted by molar-refractivity contribution is 8.13. The smallest absolute Gasteiger partial charge is 0.183 e. The van der Waals surface area contributed by atoms with Gasteiger partial charge in [0, 0.05) is 6.07 Å². The Kier molecular flexibility index (Phi) is 5.09. The highest BCUT2D eigenvalue weighted by atomic mass is 32.2. The van der Waals surface area contributed by atoms with E-state index in [0.29, 0.717) is 35.6 Å². The second-order valence-corrected chi connectivity index (χ2v) is 4.77. The van der Waals surface area contributed by atoms with Crippen LogP contribution in [0.5, 0.6) is 11.5 Å². The van der Waals surface area contributed by atoms with E-state index in [1.54, 1.807) is 19.2 Å². The number of rotatable bonds is 4. The van der Waals surface area contributed by atoms with Crippen LogP contribution < -0.4 is 14.8 Å². The van der Waals surface area contributed by atoms with Crippen molar-refractivity contribution in [2.45, 2.75) is 6.10 Å². The zero-order valence-corrected chi connectivity index (χ0v) is 12.1. The molecule has 0 saturated carbocycles. The molecule has 20 heavy (non-hydrogen) atoms. The minimum Gasteiger partial charge on any atom is -0.493 e. The fraction of sp³-hybridized carbons (Fsp3) is 0.385. The van der Waals surface area contributed by atoms with Crippen LogP contribution in [-0.4, -0.2) is 37.9 Å². The molecular formula is C13H15N3O3S. The molecule has 0 aliphatic carbocycles. The van der Waals surface area contributed by atoms with Crippen molar-refractivity contribution in [3.63, 3.8) is 0 Å². The van der Waals surface area contributed by atoms with Crippen LogP contribution in [0.3, 0.4) is 0 Å². The van der Waals surface area contributed by atoms with Crippen LogP contribution in [0.25, 0.3) is 0 Å². The minimum absolute atomic E-state index is 0.0836. The van der Waals surface area contributed by atoms with Gasteiger partial charge in [-0.3, -0.25) is 5.32 Å². The highest BCUT2D eigenvalue weighted by Gasteiger charge is 2.21. The van der Waals surface area contributed by atoms with E-state index in [0.717, 1.165) is 0 Å². The molecule has 0 atom stereocenters. The zero-order valence-electron chi connectivity index (χ0n) is 11.3. The molecule has 106 valence electrons. The van der Waals surface area contributed by atoms with Crippen LogP contribution in [0.2, 0.25) is 0 Å². The van der Waals surface area contributed by atoms with E-state index in [1.165, 1.54) is 11.8 Å². The number of nitriles is 1. The highest BCUT2D eigenvalue weighted by Crippen LogP contribution is 2.33. The van der Waals surface area contributed by atoms with Crippen LogP contribution in [0.1, 0.15) is 0 Å². The Balaban J connectivity index is 2.17. The van der Waals surface area contributed by atoms with Crippen LogP contribution >= 0.6 is 11.8 Å². The predicted octanol–water partition coefficient (Wildman–Crippen LogP) is 1.89. The molecule has 7 heteroatoms. The number of hydrogen-bond donors (Lipinski definition) is 1. The van der Waals surface area contributed by atoms with E-state index < -0.39 is 0 Å². The molecule has 6 nitrogen and oxygen atoms in total. The van der Waals surface area contributed by atoms with Crippen LogP contribution in [-0.2, 0) is 4.74 Å². The van der Waals surface area contributed by atoms with E-state index in [9.17, 15) is 0 Å². The standard InChI is InChI=1S/C13H15N3O3S/c1-17-12-5-9(16-13(20-2)15-8-14)3-4-11(12)19-10-6-18-7-10/h3-5,10H,6-7H2,1-2H3,(H,15,16). The minimum atomic E-state index is 0.0836. The summed E-state index contributed by atoms with van der Waals surface area (Å²) in [4.78, 5) is 4.32. The maximum atomic E-state index is 8.61. The number of hydrogen-bond acceptors (Lipinski definition) is 6. The summed E-state index contributed by atoms with van der Waals surface area (Å²) < 4.78 is 16.1. The lowest BCUT2D eigenvalue weighted by molar-refractivity contribution is -0.0803. The average molecular weight is 293 g/mol. The normalized spacial score (nSPS) is 15.2. The van der Waals surface area contributed by atoms with Gasteiger partial charge in [0.05, 0.1) is 26.0 Å². The van der Waals surface area contributed by atoms with Gasteiger partial charge in [0.1, 0.15) is 6.10 Å². The fourth-order valence-electron chi connectivity index (χ4n) is 1.57. The summed E-state index contributed by atoms with van der Waals surface area (Å²) in [5.74, 6) is 1.27. The van der Waals surface area contributed by atoms with E-state index in [2.05, 4.69) is 10.3 Å². The number of benzene rings is 1. The number of methoxy groups -OCH3 is 1. The number of aliphatic imine (C=N–C) groups is 1. The van der Waals surface area contributed by atoms with Gasteiger partial charge in [-0.2, -0.15) is 5.26 Å². The van der Waals surface area contributed by atoms with Crippen molar-refractivity contribution in [2.75, 3.05) is 26.6 Å². The van der Waals surface area contributed by atoms with Gasteiger partial charge in [-0.05, 0) is 18.4 Å². The maximum Gasteiger partial charge on any atom is 0.183 e. The molecule has 0 bridgehead atoms. The summed E-state index contributed by atoms with van der Waals surface area (Å²) in [5.41, 5.74) is 0.686. The average Bonchev–Trinajstić information content (AvgIpc) is 2.43. The van der Waals surface area contributed by atoms with Crippen molar-refractivity contribution in [1.29, 1.82) is 5.26 Å². The molecule has 1 fully saturated rings. The number of ether oxygens (including phenoxy) is 3. The van der Waals surface area contributed by atoms with E-state index in [-0.39, 0.29) is 6.10 Å². The molecule has 0 radical (unpaired) electrons. The van der Waals surface area contributed by atoms with E-state index in [1.807, 2.05) is 18.5 Å². The molecule has 1 saturated heterocycles. The van der Waals surface area contributed by atoms with Gasteiger partial charge in [-0.25, -0.2) is 4.99 Å². The molecule has 0 aromatic heterocycles. The molecule has 2 rings (SSSR count). The van der Waals surface area contributed by atoms with Gasteiger partial charge >= 0.3 is 0 Å². The van der Waals surface area contributed by atoms with E-state index in [4.69, 9.17) is 19.5 Å². The quantitative estimate of drug-likeness (QED) is 0.395. The van der Waals surface area contributed by atoms with Crippen molar-refractivity contribution in [1.82, 2.24) is 5.32 Å². The lowest BCUT2D eigenvalue weighted by atomic mass is 10.2. The van der Waals surface area contributed by atoms with Crippen molar-refractivity contribution in [2.24, 2.45) is 4.99 Å². The lowest BCUT2D eigenvalue weighted by Gasteiger charge is -2.27. The number of nitrogens with zero attached hydrogens (tertiary/aromatic N) is 2. The van der Waals surface area contributed by atoms with Gasteiger partial charge in [0.2, 0.25) is 0 Å². The number of amidine groups is 1. The first-order chi connectivity index (χ1) is 9.76. The maximum absolute atomic E-state index is 8.61. The summed E-state index contributed by atoms with van der Waals surface area (Å²) in [6, 6.07) is 5.39. The fourth-order valence-corrected chi connectivity index (χ4v) is 1.92. The van der Waals surface area contributed by atoms with Crippen LogP contribution in [0.4, 0.5) is 5.69 Å². The zero-order chi connectivity index (χ0) is 14.4. The number of thioether (sulfide) groups is 1. The molecule has 1 heterocycles. The molecule has 0 amide bonds. The van der Waals surface area contributed by atoms with Crippen molar-refractivity contribution < 1.29 is 14.2 Å². The largest absolute Gasteiger partial charge is 0.493 e. The molecule has 1 aliphatic rings.